The topological polar surface area (TPSA) is 72.8 Å². The van der Waals surface area contributed by atoms with Crippen molar-refractivity contribution in [2.24, 2.45) is 0 Å². The fraction of sp³-hybridized carbons (Fsp3) is 0.831. The lowest BCUT2D eigenvalue weighted by atomic mass is 10.0. The van der Waals surface area contributed by atoms with Crippen molar-refractivity contribution in [3.05, 3.63) is 48.6 Å². The van der Waals surface area contributed by atoms with Crippen LogP contribution in [0.4, 0.5) is 0 Å². The Bertz CT molecular complexity index is 1060. The lowest BCUT2D eigenvalue weighted by molar-refractivity contribution is -0.161. The summed E-state index contributed by atoms with van der Waals surface area (Å²) in [6, 6.07) is 0. The van der Waals surface area contributed by atoms with Gasteiger partial charge in [0, 0.05) is 12.8 Å². The van der Waals surface area contributed by atoms with E-state index in [2.05, 4.69) is 62.5 Å². The number of aliphatic hydroxyl groups is 1. The molecule has 1 unspecified atom stereocenters. The smallest absolute Gasteiger partial charge is 0.306 e. The maximum absolute atomic E-state index is 12.3. The molecule has 0 aliphatic heterocycles. The Balaban J connectivity index is 3.42. The van der Waals surface area contributed by atoms with Gasteiger partial charge in [-0.3, -0.25) is 9.59 Å². The Hall–Kier alpha value is -2.14. The first-order valence-electron chi connectivity index (χ1n) is 28.2. The average Bonchev–Trinajstić information content (AvgIpc) is 3.30. The van der Waals surface area contributed by atoms with E-state index in [0.717, 1.165) is 57.8 Å². The maximum atomic E-state index is 12.3. The minimum Gasteiger partial charge on any atom is -0.462 e. The van der Waals surface area contributed by atoms with Crippen LogP contribution in [0.2, 0.25) is 0 Å². The largest absolute Gasteiger partial charge is 0.462 e. The van der Waals surface area contributed by atoms with Crippen molar-refractivity contribution in [2.75, 3.05) is 13.2 Å². The Morgan fingerprint density at radius 1 is 0.359 bits per heavy atom. The highest BCUT2D eigenvalue weighted by atomic mass is 16.6. The molecule has 0 heterocycles. The predicted molar refractivity (Wildman–Crippen MR) is 279 cm³/mol. The zero-order chi connectivity index (χ0) is 46.3. The van der Waals surface area contributed by atoms with Crippen LogP contribution in [0.25, 0.3) is 0 Å². The van der Waals surface area contributed by atoms with Crippen LogP contribution in [0.5, 0.6) is 0 Å². The highest BCUT2D eigenvalue weighted by Gasteiger charge is 2.16. The molecule has 0 bridgehead atoms. The SMILES string of the molecule is CCCCC/C=C\C/C=C\CCCCCCCCCC(=O)OCC(CO)OC(=O)CCCCCCCCCCCCCCCCCCCCCCC/C=C\C/C=C\CCCCCCC. The summed E-state index contributed by atoms with van der Waals surface area (Å²) in [6.45, 7) is 4.13. The molecule has 1 atom stereocenters. The molecule has 64 heavy (non-hydrogen) atoms. The number of ether oxygens (including phenoxy) is 2. The van der Waals surface area contributed by atoms with Crippen molar-refractivity contribution >= 4 is 11.9 Å². The summed E-state index contributed by atoms with van der Waals surface area (Å²) < 4.78 is 10.7. The number of rotatable bonds is 52. The van der Waals surface area contributed by atoms with Crippen molar-refractivity contribution in [2.45, 2.75) is 302 Å². The van der Waals surface area contributed by atoms with Gasteiger partial charge in [-0.25, -0.2) is 0 Å². The summed E-state index contributed by atoms with van der Waals surface area (Å²) in [5.74, 6) is -0.587. The molecule has 5 heteroatoms. The van der Waals surface area contributed by atoms with Gasteiger partial charge in [0.2, 0.25) is 0 Å². The van der Waals surface area contributed by atoms with E-state index in [9.17, 15) is 14.7 Å². The molecule has 0 aromatic carbocycles. The summed E-state index contributed by atoms with van der Waals surface area (Å²) in [5, 5.41) is 9.64. The number of allylic oxidation sites excluding steroid dienone is 8. The molecule has 0 aromatic rings. The number of aliphatic hydroxyl groups excluding tert-OH is 1. The van der Waals surface area contributed by atoms with E-state index < -0.39 is 6.10 Å². The summed E-state index contributed by atoms with van der Waals surface area (Å²) in [5.41, 5.74) is 0. The van der Waals surface area contributed by atoms with Crippen LogP contribution in [0, 0.1) is 0 Å². The Labute approximate surface area is 398 Å². The highest BCUT2D eigenvalue weighted by Crippen LogP contribution is 2.17. The van der Waals surface area contributed by atoms with E-state index in [4.69, 9.17) is 9.47 Å². The summed E-state index contributed by atoms with van der Waals surface area (Å²) in [6.07, 6.45) is 72.3. The summed E-state index contributed by atoms with van der Waals surface area (Å²) in [4.78, 5) is 24.5. The summed E-state index contributed by atoms with van der Waals surface area (Å²) >= 11 is 0. The van der Waals surface area contributed by atoms with Gasteiger partial charge >= 0.3 is 11.9 Å². The second kappa shape index (κ2) is 55.2. The average molecular weight is 898 g/mol. The quantitative estimate of drug-likeness (QED) is 0.0374. The van der Waals surface area contributed by atoms with E-state index in [-0.39, 0.29) is 25.2 Å². The van der Waals surface area contributed by atoms with Crippen molar-refractivity contribution in [3.63, 3.8) is 0 Å². The van der Waals surface area contributed by atoms with E-state index in [1.165, 1.54) is 212 Å². The molecule has 0 fully saturated rings. The van der Waals surface area contributed by atoms with Crippen LogP contribution in [-0.2, 0) is 19.1 Å². The van der Waals surface area contributed by atoms with Gasteiger partial charge in [-0.2, -0.15) is 0 Å². The monoisotopic (exact) mass is 897 g/mol. The number of hydrogen-bond acceptors (Lipinski definition) is 5. The first-order valence-corrected chi connectivity index (χ1v) is 28.2. The molecule has 0 aliphatic rings. The minimum absolute atomic E-state index is 0.0673. The van der Waals surface area contributed by atoms with Gasteiger partial charge in [0.25, 0.3) is 0 Å². The molecule has 1 N–H and O–H groups in total. The fourth-order valence-corrected chi connectivity index (χ4v) is 8.32. The molecule has 0 aliphatic carbocycles. The van der Waals surface area contributed by atoms with Gasteiger partial charge in [-0.05, 0) is 77.0 Å². The van der Waals surface area contributed by atoms with Gasteiger partial charge in [-0.15, -0.1) is 0 Å². The molecule has 5 nitrogen and oxygen atoms in total. The number of esters is 2. The van der Waals surface area contributed by atoms with Crippen LogP contribution in [0.15, 0.2) is 48.6 Å². The van der Waals surface area contributed by atoms with Gasteiger partial charge in [0.1, 0.15) is 6.61 Å². The third-order valence-electron chi connectivity index (χ3n) is 12.6. The van der Waals surface area contributed by atoms with Gasteiger partial charge in [0.15, 0.2) is 6.10 Å². The highest BCUT2D eigenvalue weighted by molar-refractivity contribution is 5.70. The Kier molecular flexibility index (Phi) is 53.3. The predicted octanol–water partition coefficient (Wildman–Crippen LogP) is 18.9. The molecule has 0 radical (unpaired) electrons. The Morgan fingerprint density at radius 3 is 0.953 bits per heavy atom. The van der Waals surface area contributed by atoms with Crippen LogP contribution in [-0.4, -0.2) is 36.4 Å². The van der Waals surface area contributed by atoms with Crippen LogP contribution in [0.3, 0.4) is 0 Å². The van der Waals surface area contributed by atoms with Gasteiger partial charge in [-0.1, -0.05) is 255 Å². The fourth-order valence-electron chi connectivity index (χ4n) is 8.32. The molecule has 0 saturated heterocycles. The third kappa shape index (κ3) is 52.5. The second-order valence-electron chi connectivity index (χ2n) is 19.0. The number of unbranched alkanes of at least 4 members (excludes halogenated alkanes) is 36. The molecule has 374 valence electrons. The molecule has 0 spiro atoms. The lowest BCUT2D eigenvalue weighted by Gasteiger charge is -2.15. The van der Waals surface area contributed by atoms with E-state index >= 15 is 0 Å². The van der Waals surface area contributed by atoms with E-state index in [0.29, 0.717) is 12.8 Å². The van der Waals surface area contributed by atoms with Crippen molar-refractivity contribution in [1.82, 2.24) is 0 Å². The number of carbonyl (C=O) groups excluding carboxylic acids is 2. The number of carbonyl (C=O) groups is 2. The van der Waals surface area contributed by atoms with Crippen molar-refractivity contribution in [1.29, 1.82) is 0 Å². The normalized spacial score (nSPS) is 12.5. The molecule has 0 aromatic heterocycles. The molecule has 0 saturated carbocycles. The van der Waals surface area contributed by atoms with E-state index in [1.54, 1.807) is 0 Å². The maximum Gasteiger partial charge on any atom is 0.306 e. The van der Waals surface area contributed by atoms with E-state index in [1.807, 2.05) is 0 Å². The first kappa shape index (κ1) is 61.9. The summed E-state index contributed by atoms with van der Waals surface area (Å²) in [7, 11) is 0. The minimum atomic E-state index is -0.774. The third-order valence-corrected chi connectivity index (χ3v) is 12.6. The standard InChI is InChI=1S/C59H108O5/c1-3-5-7-9-11-13-15-17-19-21-22-23-24-25-26-27-28-29-30-31-32-33-34-35-36-38-40-42-44-46-48-50-52-54-59(62)64-57(55-60)56-63-58(61)53-51-49-47-45-43-41-39-37-20-18-16-14-12-10-8-6-4-2/h12,14-15,17-18,20-22,57,60H,3-11,13,16,19,23-56H2,1-2H3/b14-12-,17-15-,20-18-,22-21-. The molecule has 0 amide bonds. The van der Waals surface area contributed by atoms with Crippen LogP contribution < -0.4 is 0 Å². The first-order chi connectivity index (χ1) is 31.6. The molecular weight excluding hydrogens is 789 g/mol. The van der Waals surface area contributed by atoms with Gasteiger partial charge < -0.3 is 14.6 Å². The zero-order valence-electron chi connectivity index (χ0n) is 42.8. The van der Waals surface area contributed by atoms with Crippen LogP contribution in [0.1, 0.15) is 296 Å². The Morgan fingerprint density at radius 2 is 0.625 bits per heavy atom. The lowest BCUT2D eigenvalue weighted by Crippen LogP contribution is -2.28. The van der Waals surface area contributed by atoms with Crippen molar-refractivity contribution in [3.8, 4) is 0 Å². The molecule has 0 rings (SSSR count). The zero-order valence-corrected chi connectivity index (χ0v) is 42.8. The second-order valence-corrected chi connectivity index (χ2v) is 19.0. The van der Waals surface area contributed by atoms with Crippen LogP contribution >= 0.6 is 0 Å². The molecular formula is C59H108O5. The number of hydrogen-bond donors (Lipinski definition) is 1. The van der Waals surface area contributed by atoms with Crippen molar-refractivity contribution < 1.29 is 24.2 Å². The van der Waals surface area contributed by atoms with Gasteiger partial charge in [0.05, 0.1) is 6.61 Å².